The lowest BCUT2D eigenvalue weighted by atomic mass is 10.2. The molecule has 0 aliphatic rings. The molecule has 1 unspecified atom stereocenters. The summed E-state index contributed by atoms with van der Waals surface area (Å²) in [5.41, 5.74) is 3.35. The molecular weight excluding hydrogens is 360 g/mol. The minimum Gasteiger partial charge on any atom is -0.494 e. The van der Waals surface area contributed by atoms with Crippen LogP contribution in [0.3, 0.4) is 0 Å². The molecule has 4 rings (SSSR count). The van der Waals surface area contributed by atoms with Gasteiger partial charge in [0, 0.05) is 6.54 Å². The Balaban J connectivity index is 1.48. The number of aryl methyl sites for hydroxylation is 2. The van der Waals surface area contributed by atoms with Gasteiger partial charge in [-0.15, -0.1) is 0 Å². The summed E-state index contributed by atoms with van der Waals surface area (Å²) in [6.07, 6.45) is 0.738. The first-order valence-electron chi connectivity index (χ1n) is 10.1. The van der Waals surface area contributed by atoms with Crippen molar-refractivity contribution in [1.82, 2.24) is 9.55 Å². The number of ether oxygens (including phenoxy) is 2. The van der Waals surface area contributed by atoms with Crippen LogP contribution >= 0.6 is 0 Å². The number of para-hydroxylation sites is 3. The number of nitrogens with zero attached hydrogens (tertiary/aromatic N) is 2. The minimum atomic E-state index is -0.150. The van der Waals surface area contributed by atoms with E-state index in [0.29, 0.717) is 6.61 Å². The summed E-state index contributed by atoms with van der Waals surface area (Å²) >= 11 is 0. The maximum Gasteiger partial charge on any atom is 0.153 e. The van der Waals surface area contributed by atoms with Crippen molar-refractivity contribution in [3.8, 4) is 11.5 Å². The molecule has 0 amide bonds. The lowest BCUT2D eigenvalue weighted by molar-refractivity contribution is 0.210. The van der Waals surface area contributed by atoms with Gasteiger partial charge in [0.05, 0.1) is 17.6 Å². The van der Waals surface area contributed by atoms with Crippen molar-refractivity contribution in [1.29, 1.82) is 0 Å². The smallest absolute Gasteiger partial charge is 0.153 e. The van der Waals surface area contributed by atoms with Gasteiger partial charge in [0.15, 0.2) is 11.9 Å². The van der Waals surface area contributed by atoms with Crippen molar-refractivity contribution in [3.05, 3.63) is 90.3 Å². The Morgan fingerprint density at radius 3 is 2.38 bits per heavy atom. The SMILES string of the molecule is Cc1ccc(OCCCn2c(C(C)Oc3ccccc3)nc3ccccc32)cc1. The highest BCUT2D eigenvalue weighted by atomic mass is 16.5. The Morgan fingerprint density at radius 2 is 1.59 bits per heavy atom. The summed E-state index contributed by atoms with van der Waals surface area (Å²) in [7, 11) is 0. The molecule has 29 heavy (non-hydrogen) atoms. The fourth-order valence-electron chi connectivity index (χ4n) is 3.44. The fraction of sp³-hybridized carbons (Fsp3) is 0.240. The lowest BCUT2D eigenvalue weighted by Crippen LogP contribution is -2.13. The predicted octanol–water partition coefficient (Wildman–Crippen LogP) is 5.95. The average molecular weight is 386 g/mol. The molecule has 0 radical (unpaired) electrons. The second kappa shape index (κ2) is 8.82. The van der Waals surface area contributed by atoms with Gasteiger partial charge in [-0.3, -0.25) is 0 Å². The molecule has 1 aromatic heterocycles. The van der Waals surface area contributed by atoms with Crippen LogP contribution in [0.5, 0.6) is 11.5 Å². The molecule has 0 bridgehead atoms. The molecule has 0 saturated heterocycles. The third kappa shape index (κ3) is 4.60. The second-order valence-corrected chi connectivity index (χ2v) is 7.20. The maximum absolute atomic E-state index is 6.14. The van der Waals surface area contributed by atoms with Gasteiger partial charge in [-0.25, -0.2) is 4.98 Å². The Labute approximate surface area is 171 Å². The summed E-state index contributed by atoms with van der Waals surface area (Å²) < 4.78 is 14.3. The van der Waals surface area contributed by atoms with Gasteiger partial charge in [0.2, 0.25) is 0 Å². The Morgan fingerprint density at radius 1 is 0.862 bits per heavy atom. The standard InChI is InChI=1S/C25H26N2O2/c1-19-13-15-21(16-14-19)28-18-8-17-27-24-12-7-6-11-23(24)26-25(27)20(2)29-22-9-4-3-5-10-22/h3-7,9-16,20H,8,17-18H2,1-2H3. The maximum atomic E-state index is 6.14. The van der Waals surface area contributed by atoms with E-state index in [1.54, 1.807) is 0 Å². The summed E-state index contributed by atoms with van der Waals surface area (Å²) in [6.45, 7) is 5.61. The largest absolute Gasteiger partial charge is 0.494 e. The highest BCUT2D eigenvalue weighted by Crippen LogP contribution is 2.25. The fourth-order valence-corrected chi connectivity index (χ4v) is 3.44. The van der Waals surface area contributed by atoms with Gasteiger partial charge in [-0.2, -0.15) is 0 Å². The molecule has 1 atom stereocenters. The summed E-state index contributed by atoms with van der Waals surface area (Å²) in [5.74, 6) is 2.69. The van der Waals surface area contributed by atoms with E-state index in [2.05, 4.69) is 35.8 Å². The predicted molar refractivity (Wildman–Crippen MR) is 117 cm³/mol. The van der Waals surface area contributed by atoms with Crippen LogP contribution in [0.25, 0.3) is 11.0 Å². The summed E-state index contributed by atoms with van der Waals surface area (Å²) in [4.78, 5) is 4.85. The number of fused-ring (bicyclic) bond motifs is 1. The third-order valence-corrected chi connectivity index (χ3v) is 4.92. The molecule has 148 valence electrons. The molecule has 4 heteroatoms. The van der Waals surface area contributed by atoms with Gasteiger partial charge < -0.3 is 14.0 Å². The van der Waals surface area contributed by atoms with Gasteiger partial charge in [0.1, 0.15) is 11.5 Å². The van der Waals surface area contributed by atoms with Crippen LogP contribution in [0, 0.1) is 6.92 Å². The average Bonchev–Trinajstić information content (AvgIpc) is 3.12. The van der Waals surface area contributed by atoms with E-state index in [4.69, 9.17) is 14.5 Å². The van der Waals surface area contributed by atoms with E-state index in [1.165, 1.54) is 5.56 Å². The van der Waals surface area contributed by atoms with Crippen molar-refractivity contribution in [3.63, 3.8) is 0 Å². The van der Waals surface area contributed by atoms with Gasteiger partial charge in [-0.05, 0) is 56.7 Å². The summed E-state index contributed by atoms with van der Waals surface area (Å²) in [5, 5.41) is 0. The Hall–Kier alpha value is -3.27. The number of aromatic nitrogens is 2. The topological polar surface area (TPSA) is 36.3 Å². The van der Waals surface area contributed by atoms with Crippen LogP contribution in [-0.4, -0.2) is 16.2 Å². The van der Waals surface area contributed by atoms with Crippen molar-refractivity contribution < 1.29 is 9.47 Å². The van der Waals surface area contributed by atoms with Crippen molar-refractivity contribution in [2.24, 2.45) is 0 Å². The van der Waals surface area contributed by atoms with Gasteiger partial charge >= 0.3 is 0 Å². The molecule has 0 N–H and O–H groups in total. The molecule has 4 aromatic rings. The number of benzene rings is 3. The number of rotatable bonds is 8. The Kier molecular flexibility index (Phi) is 5.80. The number of imidazole rings is 1. The van der Waals surface area contributed by atoms with E-state index in [9.17, 15) is 0 Å². The molecule has 0 spiro atoms. The highest BCUT2D eigenvalue weighted by Gasteiger charge is 2.18. The zero-order chi connectivity index (χ0) is 20.1. The first kappa shape index (κ1) is 19.1. The first-order chi connectivity index (χ1) is 14.2. The zero-order valence-electron chi connectivity index (χ0n) is 16.9. The second-order valence-electron chi connectivity index (χ2n) is 7.20. The van der Waals surface area contributed by atoms with Crippen molar-refractivity contribution in [2.45, 2.75) is 32.9 Å². The first-order valence-corrected chi connectivity index (χ1v) is 10.1. The molecule has 4 nitrogen and oxygen atoms in total. The van der Waals surface area contributed by atoms with Crippen LogP contribution in [0.2, 0.25) is 0 Å². The van der Waals surface area contributed by atoms with Gasteiger partial charge in [-0.1, -0.05) is 48.0 Å². The zero-order valence-corrected chi connectivity index (χ0v) is 16.9. The van der Waals surface area contributed by atoms with Crippen molar-refractivity contribution >= 4 is 11.0 Å². The highest BCUT2D eigenvalue weighted by molar-refractivity contribution is 5.76. The van der Waals surface area contributed by atoms with Crippen LogP contribution in [0.4, 0.5) is 0 Å². The lowest BCUT2D eigenvalue weighted by Gasteiger charge is -2.17. The third-order valence-electron chi connectivity index (χ3n) is 4.92. The number of hydrogen-bond donors (Lipinski definition) is 0. The summed E-state index contributed by atoms with van der Waals surface area (Å²) in [6, 6.07) is 26.3. The van der Waals surface area contributed by atoms with Crippen LogP contribution in [0.15, 0.2) is 78.9 Å². The molecule has 0 fully saturated rings. The molecule has 0 aliphatic heterocycles. The van der Waals surface area contributed by atoms with E-state index in [0.717, 1.165) is 41.3 Å². The molecule has 0 aliphatic carbocycles. The monoisotopic (exact) mass is 386 g/mol. The van der Waals surface area contributed by atoms with Crippen LogP contribution in [-0.2, 0) is 6.54 Å². The molecule has 0 saturated carbocycles. The molecule has 3 aromatic carbocycles. The van der Waals surface area contributed by atoms with Crippen LogP contribution in [0.1, 0.15) is 30.8 Å². The van der Waals surface area contributed by atoms with E-state index < -0.39 is 0 Å². The quantitative estimate of drug-likeness (QED) is 0.351. The molecule has 1 heterocycles. The van der Waals surface area contributed by atoms with Crippen LogP contribution < -0.4 is 9.47 Å². The molecular formula is C25H26N2O2. The van der Waals surface area contributed by atoms with Crippen molar-refractivity contribution in [2.75, 3.05) is 6.61 Å². The number of hydrogen-bond acceptors (Lipinski definition) is 3. The van der Waals surface area contributed by atoms with E-state index >= 15 is 0 Å². The van der Waals surface area contributed by atoms with E-state index in [-0.39, 0.29) is 6.10 Å². The van der Waals surface area contributed by atoms with Gasteiger partial charge in [0.25, 0.3) is 0 Å². The Bertz CT molecular complexity index is 1060. The minimum absolute atomic E-state index is 0.150. The normalized spacial score (nSPS) is 12.1. The van der Waals surface area contributed by atoms with E-state index in [1.807, 2.05) is 61.5 Å².